The number of nitrogens with zero attached hydrogens (tertiary/aromatic N) is 3. The highest BCUT2D eigenvalue weighted by Gasteiger charge is 2.17. The molecule has 2 aromatic heterocycles. The van der Waals surface area contributed by atoms with Crippen LogP contribution in [0.5, 0.6) is 0 Å². The zero-order valence-electron chi connectivity index (χ0n) is 17.0. The first kappa shape index (κ1) is 18.9. The second-order valence-electron chi connectivity index (χ2n) is 7.47. The second-order valence-corrected chi connectivity index (χ2v) is 7.47. The maximum Gasteiger partial charge on any atom is 0.262 e. The molecule has 152 valence electrons. The second kappa shape index (κ2) is 7.32. The van der Waals surface area contributed by atoms with E-state index < -0.39 is 0 Å². The molecule has 0 fully saturated rings. The van der Waals surface area contributed by atoms with Gasteiger partial charge in [0.1, 0.15) is 5.82 Å². The number of hydrogen-bond acceptors (Lipinski definition) is 4. The minimum absolute atomic E-state index is 0.132. The van der Waals surface area contributed by atoms with E-state index in [-0.39, 0.29) is 23.1 Å². The van der Waals surface area contributed by atoms with E-state index in [4.69, 9.17) is 4.52 Å². The van der Waals surface area contributed by atoms with Crippen LogP contribution in [0.1, 0.15) is 11.1 Å². The lowest BCUT2D eigenvalue weighted by Gasteiger charge is -2.12. The molecule has 0 saturated carbocycles. The van der Waals surface area contributed by atoms with Gasteiger partial charge in [0.05, 0.1) is 5.56 Å². The molecule has 5 rings (SSSR count). The van der Waals surface area contributed by atoms with Crippen molar-refractivity contribution in [3.8, 4) is 28.5 Å². The summed E-state index contributed by atoms with van der Waals surface area (Å²) in [5, 5.41) is 5.28. The van der Waals surface area contributed by atoms with Gasteiger partial charge in [-0.1, -0.05) is 41.6 Å². The van der Waals surface area contributed by atoms with Crippen LogP contribution in [0.15, 0.2) is 82.2 Å². The van der Waals surface area contributed by atoms with Gasteiger partial charge in [0.2, 0.25) is 5.82 Å². The monoisotopic (exact) mass is 411 g/mol. The molecule has 0 amide bonds. The topological polar surface area (TPSA) is 60.9 Å². The quantitative estimate of drug-likeness (QED) is 0.395. The lowest BCUT2D eigenvalue weighted by molar-refractivity contribution is 0.432. The van der Waals surface area contributed by atoms with Gasteiger partial charge in [0.15, 0.2) is 0 Å². The van der Waals surface area contributed by atoms with Crippen LogP contribution in [0.3, 0.4) is 0 Å². The Balaban J connectivity index is 1.73. The molecular weight excluding hydrogens is 393 g/mol. The maximum absolute atomic E-state index is 13.6. The summed E-state index contributed by atoms with van der Waals surface area (Å²) < 4.78 is 20.7. The van der Waals surface area contributed by atoms with Crippen molar-refractivity contribution >= 4 is 10.8 Å². The van der Waals surface area contributed by atoms with Crippen molar-refractivity contribution in [1.82, 2.24) is 14.7 Å². The predicted molar refractivity (Wildman–Crippen MR) is 118 cm³/mol. The van der Waals surface area contributed by atoms with Crippen molar-refractivity contribution in [1.29, 1.82) is 0 Å². The largest absolute Gasteiger partial charge is 0.334 e. The highest BCUT2D eigenvalue weighted by molar-refractivity contribution is 5.94. The number of pyridine rings is 1. The fourth-order valence-electron chi connectivity index (χ4n) is 3.61. The Morgan fingerprint density at radius 1 is 0.903 bits per heavy atom. The fourth-order valence-corrected chi connectivity index (χ4v) is 3.61. The Morgan fingerprint density at radius 2 is 1.71 bits per heavy atom. The van der Waals surface area contributed by atoms with E-state index in [2.05, 4.69) is 10.1 Å². The van der Waals surface area contributed by atoms with Gasteiger partial charge in [0, 0.05) is 28.2 Å². The summed E-state index contributed by atoms with van der Waals surface area (Å²) in [4.78, 5) is 17.7. The first-order valence-corrected chi connectivity index (χ1v) is 9.83. The van der Waals surface area contributed by atoms with Crippen molar-refractivity contribution in [2.45, 2.75) is 13.8 Å². The van der Waals surface area contributed by atoms with Gasteiger partial charge >= 0.3 is 0 Å². The summed E-state index contributed by atoms with van der Waals surface area (Å²) in [6.45, 7) is 4.04. The van der Waals surface area contributed by atoms with Gasteiger partial charge in [-0.15, -0.1) is 0 Å². The SMILES string of the molecule is Cc1ccc(-n2cc(-c3nc(-c4cccc(F)c4)no3)c3ccccc3c2=O)cc1C. The zero-order valence-corrected chi connectivity index (χ0v) is 17.0. The van der Waals surface area contributed by atoms with Crippen LogP contribution in [-0.4, -0.2) is 14.7 Å². The van der Waals surface area contributed by atoms with Crippen molar-refractivity contribution in [2.75, 3.05) is 0 Å². The fraction of sp³-hybridized carbons (Fsp3) is 0.0800. The summed E-state index contributed by atoms with van der Waals surface area (Å²) in [5.74, 6) is 0.160. The van der Waals surface area contributed by atoms with Crippen LogP contribution in [-0.2, 0) is 0 Å². The molecule has 2 heterocycles. The first-order chi connectivity index (χ1) is 15.0. The Hall–Kier alpha value is -4.06. The molecule has 5 aromatic rings. The average molecular weight is 411 g/mol. The number of aromatic nitrogens is 3. The van der Waals surface area contributed by atoms with Crippen LogP contribution in [0.25, 0.3) is 39.3 Å². The van der Waals surface area contributed by atoms with Gasteiger partial charge in [0.25, 0.3) is 11.4 Å². The van der Waals surface area contributed by atoms with Gasteiger partial charge in [-0.2, -0.15) is 4.98 Å². The van der Waals surface area contributed by atoms with Crippen molar-refractivity contribution in [2.24, 2.45) is 0 Å². The van der Waals surface area contributed by atoms with E-state index in [1.54, 1.807) is 29.0 Å². The lowest BCUT2D eigenvalue weighted by Crippen LogP contribution is -2.18. The molecule has 0 N–H and O–H groups in total. The third kappa shape index (κ3) is 3.32. The molecule has 31 heavy (non-hydrogen) atoms. The zero-order chi connectivity index (χ0) is 21.5. The Morgan fingerprint density at radius 3 is 2.48 bits per heavy atom. The van der Waals surface area contributed by atoms with Crippen LogP contribution < -0.4 is 5.56 Å². The lowest BCUT2D eigenvalue weighted by atomic mass is 10.1. The van der Waals surface area contributed by atoms with E-state index in [1.807, 2.05) is 50.2 Å². The smallest absolute Gasteiger partial charge is 0.262 e. The minimum Gasteiger partial charge on any atom is -0.334 e. The first-order valence-electron chi connectivity index (χ1n) is 9.83. The molecule has 0 aliphatic rings. The van der Waals surface area contributed by atoms with Crippen LogP contribution >= 0.6 is 0 Å². The average Bonchev–Trinajstić information content (AvgIpc) is 3.26. The van der Waals surface area contributed by atoms with E-state index in [0.717, 1.165) is 16.8 Å². The van der Waals surface area contributed by atoms with Crippen LogP contribution in [0.2, 0.25) is 0 Å². The van der Waals surface area contributed by atoms with E-state index >= 15 is 0 Å². The van der Waals surface area contributed by atoms with Gasteiger partial charge in [-0.05, 0) is 55.3 Å². The molecule has 0 aliphatic heterocycles. The van der Waals surface area contributed by atoms with Crippen molar-refractivity contribution in [3.63, 3.8) is 0 Å². The molecule has 0 saturated heterocycles. The van der Waals surface area contributed by atoms with Gasteiger partial charge in [-0.25, -0.2) is 4.39 Å². The highest BCUT2D eigenvalue weighted by Crippen LogP contribution is 2.29. The molecule has 0 bridgehead atoms. The van der Waals surface area contributed by atoms with Crippen LogP contribution in [0.4, 0.5) is 4.39 Å². The molecule has 0 unspecified atom stereocenters. The predicted octanol–water partition coefficient (Wildman–Crippen LogP) is 5.46. The molecule has 0 atom stereocenters. The summed E-state index contributed by atoms with van der Waals surface area (Å²) in [6, 6.07) is 19.2. The molecule has 0 radical (unpaired) electrons. The number of fused-ring (bicyclic) bond motifs is 1. The number of hydrogen-bond donors (Lipinski definition) is 0. The third-order valence-electron chi connectivity index (χ3n) is 5.43. The molecule has 3 aromatic carbocycles. The Bertz CT molecular complexity index is 1500. The molecular formula is C25H18FN3O2. The number of benzene rings is 3. The minimum atomic E-state index is -0.377. The Labute approximate surface area is 177 Å². The maximum atomic E-state index is 13.6. The summed E-state index contributed by atoms with van der Waals surface area (Å²) in [6.07, 6.45) is 1.72. The number of halogens is 1. The molecule has 0 spiro atoms. The van der Waals surface area contributed by atoms with Gasteiger partial charge < -0.3 is 4.52 Å². The molecule has 6 heteroatoms. The third-order valence-corrected chi connectivity index (χ3v) is 5.43. The summed E-state index contributed by atoms with van der Waals surface area (Å²) in [5.41, 5.74) is 4.00. The normalized spacial score (nSPS) is 11.2. The van der Waals surface area contributed by atoms with Crippen molar-refractivity contribution in [3.05, 3.63) is 100 Å². The standard InChI is InChI=1S/C25H18FN3O2/c1-15-10-11-19(12-16(15)2)29-14-22(20-8-3-4-9-21(20)25(29)30)24-27-23(28-31-24)17-6-5-7-18(26)13-17/h3-14H,1-2H3. The number of aryl methyl sites for hydroxylation is 2. The van der Waals surface area contributed by atoms with E-state index in [0.29, 0.717) is 21.9 Å². The summed E-state index contributed by atoms with van der Waals surface area (Å²) >= 11 is 0. The van der Waals surface area contributed by atoms with Crippen LogP contribution in [0, 0.1) is 19.7 Å². The van der Waals surface area contributed by atoms with Crippen molar-refractivity contribution < 1.29 is 8.91 Å². The number of rotatable bonds is 3. The Kier molecular flexibility index (Phi) is 4.47. The van der Waals surface area contributed by atoms with Gasteiger partial charge in [-0.3, -0.25) is 9.36 Å². The molecule has 0 aliphatic carbocycles. The summed E-state index contributed by atoms with van der Waals surface area (Å²) in [7, 11) is 0. The van der Waals surface area contributed by atoms with E-state index in [1.165, 1.54) is 12.1 Å². The molecule has 5 nitrogen and oxygen atoms in total. The highest BCUT2D eigenvalue weighted by atomic mass is 19.1. The van der Waals surface area contributed by atoms with E-state index in [9.17, 15) is 9.18 Å².